The monoisotopic (exact) mass is 362 g/mol. The number of ether oxygens (including phenoxy) is 1. The number of aryl methyl sites for hydroxylation is 2. The zero-order valence-corrected chi connectivity index (χ0v) is 15.6. The van der Waals surface area contributed by atoms with Crippen LogP contribution < -0.4 is 4.74 Å². The molecule has 0 saturated heterocycles. The van der Waals surface area contributed by atoms with Gasteiger partial charge in [0.15, 0.2) is 11.2 Å². The second kappa shape index (κ2) is 6.42. The lowest BCUT2D eigenvalue weighted by Gasteiger charge is -2.11. The van der Waals surface area contributed by atoms with Crippen LogP contribution in [0.5, 0.6) is 5.75 Å². The Morgan fingerprint density at radius 1 is 1.15 bits per heavy atom. The fourth-order valence-corrected chi connectivity index (χ4v) is 4.31. The molecule has 2 aromatic carbocycles. The molecule has 0 atom stereocenters. The first kappa shape index (κ1) is 16.5. The fourth-order valence-electron chi connectivity index (χ4n) is 3.31. The first-order chi connectivity index (χ1) is 12.6. The van der Waals surface area contributed by atoms with E-state index in [2.05, 4.69) is 18.2 Å². The summed E-state index contributed by atoms with van der Waals surface area (Å²) in [5.41, 5.74) is 5.31. The third-order valence-electron chi connectivity index (χ3n) is 4.41. The van der Waals surface area contributed by atoms with E-state index in [9.17, 15) is 4.79 Å². The quantitative estimate of drug-likeness (QED) is 0.471. The molecule has 0 aliphatic heterocycles. The van der Waals surface area contributed by atoms with Gasteiger partial charge in [0, 0.05) is 11.8 Å². The Hall–Kier alpha value is -2.92. The number of carbonyl (C=O) groups is 1. The number of hydrogen-bond acceptors (Lipinski definition) is 4. The molecule has 0 amide bonds. The van der Waals surface area contributed by atoms with E-state index in [1.54, 1.807) is 18.4 Å². The van der Waals surface area contributed by atoms with Crippen LogP contribution in [0.4, 0.5) is 0 Å². The van der Waals surface area contributed by atoms with Crippen LogP contribution in [0.1, 0.15) is 21.6 Å². The van der Waals surface area contributed by atoms with Crippen molar-refractivity contribution in [3.8, 4) is 27.4 Å². The minimum absolute atomic E-state index is 0.543. The SMILES string of the molecule is COc1c(C)cc(C)cc1-c1nc2sc(-c3ccccc3)cn2c1C=O. The highest BCUT2D eigenvalue weighted by atomic mass is 32.1. The Bertz CT molecular complexity index is 1110. The van der Waals surface area contributed by atoms with Gasteiger partial charge in [-0.2, -0.15) is 0 Å². The maximum absolute atomic E-state index is 11.9. The van der Waals surface area contributed by atoms with Crippen LogP contribution >= 0.6 is 11.3 Å². The van der Waals surface area contributed by atoms with E-state index in [1.807, 2.05) is 48.7 Å². The van der Waals surface area contributed by atoms with Crippen molar-refractivity contribution < 1.29 is 9.53 Å². The number of aldehydes is 1. The number of thiazole rings is 1. The molecule has 0 aliphatic carbocycles. The highest BCUT2D eigenvalue weighted by Crippen LogP contribution is 2.38. The Balaban J connectivity index is 1.93. The second-order valence-corrected chi connectivity index (χ2v) is 7.25. The van der Waals surface area contributed by atoms with Crippen LogP contribution in [0.25, 0.3) is 26.7 Å². The molecule has 4 aromatic rings. The Morgan fingerprint density at radius 3 is 2.62 bits per heavy atom. The van der Waals surface area contributed by atoms with E-state index in [4.69, 9.17) is 9.72 Å². The highest BCUT2D eigenvalue weighted by molar-refractivity contribution is 7.20. The number of benzene rings is 2. The van der Waals surface area contributed by atoms with Gasteiger partial charge in [0.25, 0.3) is 0 Å². The number of fused-ring (bicyclic) bond motifs is 1. The molecule has 0 radical (unpaired) electrons. The van der Waals surface area contributed by atoms with Gasteiger partial charge in [-0.15, -0.1) is 0 Å². The molecule has 26 heavy (non-hydrogen) atoms. The summed E-state index contributed by atoms with van der Waals surface area (Å²) in [5.74, 6) is 0.757. The molecule has 130 valence electrons. The fraction of sp³-hybridized carbons (Fsp3) is 0.143. The average Bonchev–Trinajstić information content (AvgIpc) is 3.19. The first-order valence-corrected chi connectivity index (χ1v) is 9.12. The van der Waals surface area contributed by atoms with Gasteiger partial charge < -0.3 is 4.74 Å². The third-order valence-corrected chi connectivity index (χ3v) is 5.44. The van der Waals surface area contributed by atoms with Gasteiger partial charge in [-0.1, -0.05) is 47.7 Å². The molecule has 0 N–H and O–H groups in total. The number of hydrogen-bond donors (Lipinski definition) is 0. The standard InChI is InChI=1S/C21H18N2O2S/c1-13-9-14(2)20(25-3)16(10-13)19-17(12-24)23-11-18(26-21(23)22-19)15-7-5-4-6-8-15/h4-12H,1-3H3. The van der Waals surface area contributed by atoms with E-state index in [0.29, 0.717) is 11.4 Å². The lowest BCUT2D eigenvalue weighted by Crippen LogP contribution is -1.96. The Morgan fingerprint density at radius 2 is 1.92 bits per heavy atom. The first-order valence-electron chi connectivity index (χ1n) is 8.30. The summed E-state index contributed by atoms with van der Waals surface area (Å²) in [4.78, 5) is 18.5. The molecule has 0 unspecified atom stereocenters. The zero-order chi connectivity index (χ0) is 18.3. The van der Waals surface area contributed by atoms with Gasteiger partial charge in [0.05, 0.1) is 12.0 Å². The predicted molar refractivity (Wildman–Crippen MR) is 105 cm³/mol. The van der Waals surface area contributed by atoms with E-state index in [-0.39, 0.29) is 0 Å². The summed E-state index contributed by atoms with van der Waals surface area (Å²) < 4.78 is 7.46. The molecule has 0 bridgehead atoms. The molecule has 2 heterocycles. The number of nitrogens with zero attached hydrogens (tertiary/aromatic N) is 2. The summed E-state index contributed by atoms with van der Waals surface area (Å²) in [7, 11) is 1.65. The molecule has 2 aromatic heterocycles. The molecule has 5 heteroatoms. The summed E-state index contributed by atoms with van der Waals surface area (Å²) in [6.45, 7) is 4.03. The topological polar surface area (TPSA) is 43.6 Å². The normalized spacial score (nSPS) is 11.0. The highest BCUT2D eigenvalue weighted by Gasteiger charge is 2.20. The Labute approximate surface area is 155 Å². The molecule has 4 rings (SSSR count). The molecule has 0 spiro atoms. The van der Waals surface area contributed by atoms with Crippen molar-refractivity contribution >= 4 is 22.6 Å². The lowest BCUT2D eigenvalue weighted by molar-refractivity contribution is 0.111. The lowest BCUT2D eigenvalue weighted by atomic mass is 10.0. The molecular weight excluding hydrogens is 344 g/mol. The largest absolute Gasteiger partial charge is 0.496 e. The van der Waals surface area contributed by atoms with Crippen molar-refractivity contribution in [1.82, 2.24) is 9.38 Å². The average molecular weight is 362 g/mol. The molecule has 4 nitrogen and oxygen atoms in total. The number of rotatable bonds is 4. The summed E-state index contributed by atoms with van der Waals surface area (Å²) in [6.07, 6.45) is 2.85. The van der Waals surface area contributed by atoms with E-state index >= 15 is 0 Å². The van der Waals surface area contributed by atoms with Crippen LogP contribution in [-0.4, -0.2) is 22.8 Å². The van der Waals surface area contributed by atoms with Crippen molar-refractivity contribution in [3.63, 3.8) is 0 Å². The number of aromatic nitrogens is 2. The molecule has 0 fully saturated rings. The maximum atomic E-state index is 11.9. The zero-order valence-electron chi connectivity index (χ0n) is 14.8. The summed E-state index contributed by atoms with van der Waals surface area (Å²) >= 11 is 1.57. The number of imidazole rings is 1. The van der Waals surface area contributed by atoms with Crippen LogP contribution in [0, 0.1) is 13.8 Å². The molecule has 0 saturated carbocycles. The minimum Gasteiger partial charge on any atom is -0.496 e. The van der Waals surface area contributed by atoms with Gasteiger partial charge >= 0.3 is 0 Å². The third kappa shape index (κ3) is 2.61. The van der Waals surface area contributed by atoms with E-state index < -0.39 is 0 Å². The van der Waals surface area contributed by atoms with Crippen LogP contribution in [0.15, 0.2) is 48.7 Å². The van der Waals surface area contributed by atoms with Crippen molar-refractivity contribution in [3.05, 3.63) is 65.5 Å². The smallest absolute Gasteiger partial charge is 0.195 e. The van der Waals surface area contributed by atoms with E-state index in [1.165, 1.54) is 0 Å². The predicted octanol–water partition coefficient (Wildman–Crippen LogP) is 5.17. The Kier molecular flexibility index (Phi) is 4.09. The van der Waals surface area contributed by atoms with Gasteiger partial charge in [-0.3, -0.25) is 9.20 Å². The number of methoxy groups -OCH3 is 1. The van der Waals surface area contributed by atoms with Gasteiger partial charge in [-0.05, 0) is 36.6 Å². The van der Waals surface area contributed by atoms with Gasteiger partial charge in [0.1, 0.15) is 17.1 Å². The van der Waals surface area contributed by atoms with Gasteiger partial charge in [-0.25, -0.2) is 4.98 Å². The number of carbonyl (C=O) groups excluding carboxylic acids is 1. The van der Waals surface area contributed by atoms with Crippen molar-refractivity contribution in [1.29, 1.82) is 0 Å². The molecule has 0 aliphatic rings. The van der Waals surface area contributed by atoms with Crippen LogP contribution in [0.3, 0.4) is 0 Å². The van der Waals surface area contributed by atoms with Crippen molar-refractivity contribution in [2.45, 2.75) is 13.8 Å². The van der Waals surface area contributed by atoms with Gasteiger partial charge in [0.2, 0.25) is 0 Å². The van der Waals surface area contributed by atoms with E-state index in [0.717, 1.165) is 44.1 Å². The summed E-state index contributed by atoms with van der Waals surface area (Å²) in [5, 5.41) is 0. The van der Waals surface area contributed by atoms with Crippen LogP contribution in [-0.2, 0) is 0 Å². The van der Waals surface area contributed by atoms with Crippen LogP contribution in [0.2, 0.25) is 0 Å². The second-order valence-electron chi connectivity index (χ2n) is 6.24. The van der Waals surface area contributed by atoms with Crippen molar-refractivity contribution in [2.75, 3.05) is 7.11 Å². The molecular formula is C21H18N2O2S. The minimum atomic E-state index is 0.543. The van der Waals surface area contributed by atoms with Crippen molar-refractivity contribution in [2.24, 2.45) is 0 Å². The maximum Gasteiger partial charge on any atom is 0.195 e. The summed E-state index contributed by atoms with van der Waals surface area (Å²) in [6, 6.07) is 14.2.